The molecule has 3 aromatic rings. The van der Waals surface area contributed by atoms with E-state index in [1.807, 2.05) is 19.2 Å². The van der Waals surface area contributed by atoms with Crippen LogP contribution in [-0.2, 0) is 23.9 Å². The van der Waals surface area contributed by atoms with E-state index >= 15 is 0 Å². The largest absolute Gasteiger partial charge is 0.341 e. The second-order valence-corrected chi connectivity index (χ2v) is 9.53. The molecule has 0 bridgehead atoms. The lowest BCUT2D eigenvalue weighted by molar-refractivity contribution is 0.300. The van der Waals surface area contributed by atoms with E-state index in [4.69, 9.17) is 0 Å². The summed E-state index contributed by atoms with van der Waals surface area (Å²) in [5, 5.41) is 1.39. The van der Waals surface area contributed by atoms with Crippen LogP contribution in [0, 0.1) is 13.8 Å². The van der Waals surface area contributed by atoms with Gasteiger partial charge in [-0.05, 0) is 50.2 Å². The van der Waals surface area contributed by atoms with E-state index in [0.717, 1.165) is 30.9 Å². The lowest BCUT2D eigenvalue weighted by Gasteiger charge is -2.37. The molecule has 1 aromatic carbocycles. The minimum atomic E-state index is -0.949. The molecule has 0 saturated carbocycles. The molecular formula is C21H23N3OS. The van der Waals surface area contributed by atoms with Crippen molar-refractivity contribution in [3.8, 4) is 0 Å². The molecule has 2 aliphatic heterocycles. The Labute approximate surface area is 156 Å². The normalized spacial score (nSPS) is 25.4. The first-order valence-corrected chi connectivity index (χ1v) is 10.4. The summed E-state index contributed by atoms with van der Waals surface area (Å²) in [5.41, 5.74) is 7.32. The molecule has 0 fully saturated rings. The van der Waals surface area contributed by atoms with Crippen LogP contribution in [0.1, 0.15) is 38.6 Å². The van der Waals surface area contributed by atoms with Crippen molar-refractivity contribution in [3.05, 3.63) is 64.6 Å². The fraction of sp³-hybridized carbons (Fsp3) is 0.381. The van der Waals surface area contributed by atoms with Gasteiger partial charge >= 0.3 is 0 Å². The van der Waals surface area contributed by atoms with E-state index < -0.39 is 10.8 Å². The van der Waals surface area contributed by atoms with Gasteiger partial charge in [-0.15, -0.1) is 0 Å². The van der Waals surface area contributed by atoms with E-state index in [-0.39, 0.29) is 10.5 Å². The maximum Gasteiger partial charge on any atom is 0.0886 e. The first kappa shape index (κ1) is 16.2. The van der Waals surface area contributed by atoms with Gasteiger partial charge in [0, 0.05) is 58.9 Å². The average Bonchev–Trinajstić information content (AvgIpc) is 2.92. The maximum absolute atomic E-state index is 13.5. The zero-order valence-electron chi connectivity index (χ0n) is 15.4. The topological polar surface area (TPSA) is 38.1 Å². The molecule has 0 amide bonds. The van der Waals surface area contributed by atoms with Crippen molar-refractivity contribution in [2.45, 2.75) is 37.4 Å². The molecule has 26 heavy (non-hydrogen) atoms. The summed E-state index contributed by atoms with van der Waals surface area (Å²) in [4.78, 5) is 6.76. The molecule has 3 unspecified atom stereocenters. The van der Waals surface area contributed by atoms with Gasteiger partial charge in [0.05, 0.1) is 10.5 Å². The first-order valence-electron chi connectivity index (χ1n) is 9.15. The summed E-state index contributed by atoms with van der Waals surface area (Å²) < 4.78 is 16.0. The van der Waals surface area contributed by atoms with E-state index in [1.165, 1.54) is 27.7 Å². The van der Waals surface area contributed by atoms with E-state index in [1.54, 1.807) is 0 Å². The minimum absolute atomic E-state index is 0.00291. The Morgan fingerprint density at radius 2 is 1.96 bits per heavy atom. The second-order valence-electron chi connectivity index (χ2n) is 7.73. The lowest BCUT2D eigenvalue weighted by Crippen LogP contribution is -2.38. The Balaban J connectivity index is 1.73. The molecule has 4 heterocycles. The predicted octanol–water partition coefficient (Wildman–Crippen LogP) is 3.64. The van der Waals surface area contributed by atoms with Crippen LogP contribution in [0.25, 0.3) is 10.9 Å². The summed E-state index contributed by atoms with van der Waals surface area (Å²) in [7, 11) is 1.19. The van der Waals surface area contributed by atoms with Gasteiger partial charge in [0.25, 0.3) is 0 Å². The third-order valence-electron chi connectivity index (χ3n) is 5.79. The van der Waals surface area contributed by atoms with Crippen LogP contribution in [0.5, 0.6) is 0 Å². The van der Waals surface area contributed by atoms with E-state index in [9.17, 15) is 4.21 Å². The van der Waals surface area contributed by atoms with Crippen molar-refractivity contribution in [3.63, 3.8) is 0 Å². The number of benzene rings is 1. The molecule has 2 aromatic heterocycles. The average molecular weight is 366 g/mol. The third-order valence-corrected chi connectivity index (χ3v) is 7.71. The zero-order chi connectivity index (χ0) is 18.0. The summed E-state index contributed by atoms with van der Waals surface area (Å²) in [6.45, 7) is 6.69. The van der Waals surface area contributed by atoms with Crippen molar-refractivity contribution in [2.75, 3.05) is 13.6 Å². The lowest BCUT2D eigenvalue weighted by atomic mass is 10.0. The number of nitrogens with zero attached hydrogens (tertiary/aromatic N) is 3. The van der Waals surface area contributed by atoms with Crippen LogP contribution in [-0.4, -0.2) is 32.3 Å². The standard InChI is InChI=1S/C21H23N3OS/c1-13-4-7-18-16(8-13)17-10-23(3)11-20-21(17)24(18)12-19(26(20)25)15-6-5-14(2)22-9-15/h4-9,19-20H,10-12H2,1-3H3. The monoisotopic (exact) mass is 365 g/mol. The Hall–Kier alpha value is -1.98. The van der Waals surface area contributed by atoms with Crippen molar-refractivity contribution >= 4 is 21.7 Å². The molecule has 0 spiro atoms. The maximum atomic E-state index is 13.5. The molecule has 134 valence electrons. The molecule has 2 aliphatic rings. The van der Waals surface area contributed by atoms with Gasteiger partial charge in [-0.25, -0.2) is 0 Å². The van der Waals surface area contributed by atoms with Gasteiger partial charge in [-0.1, -0.05) is 17.7 Å². The van der Waals surface area contributed by atoms with Crippen LogP contribution in [0.3, 0.4) is 0 Å². The quantitative estimate of drug-likeness (QED) is 0.661. The highest BCUT2D eigenvalue weighted by molar-refractivity contribution is 7.85. The number of fused-ring (bicyclic) bond motifs is 3. The van der Waals surface area contributed by atoms with Crippen LogP contribution >= 0.6 is 0 Å². The fourth-order valence-electron chi connectivity index (χ4n) is 4.52. The van der Waals surface area contributed by atoms with Crippen molar-refractivity contribution in [1.82, 2.24) is 14.5 Å². The van der Waals surface area contributed by atoms with Crippen molar-refractivity contribution in [1.29, 1.82) is 0 Å². The highest BCUT2D eigenvalue weighted by atomic mass is 32.2. The number of hydrogen-bond donors (Lipinski definition) is 0. The number of aromatic nitrogens is 2. The SMILES string of the molecule is Cc1ccc2c(c1)c1c3n2CC(c2ccc(C)nc2)S(=O)C3CN(C)C1. The Bertz CT molecular complexity index is 1040. The minimum Gasteiger partial charge on any atom is -0.341 e. The molecule has 0 aliphatic carbocycles. The summed E-state index contributed by atoms with van der Waals surface area (Å²) >= 11 is 0. The number of pyridine rings is 1. The van der Waals surface area contributed by atoms with Gasteiger partial charge < -0.3 is 9.47 Å². The molecule has 0 radical (unpaired) electrons. The molecule has 4 nitrogen and oxygen atoms in total. The molecule has 0 N–H and O–H groups in total. The number of aryl methyl sites for hydroxylation is 2. The molecule has 5 rings (SSSR count). The number of rotatable bonds is 1. The highest BCUT2D eigenvalue weighted by Crippen LogP contribution is 2.45. The molecule has 3 atom stereocenters. The van der Waals surface area contributed by atoms with Crippen molar-refractivity contribution < 1.29 is 4.21 Å². The second kappa shape index (κ2) is 5.76. The molecular weight excluding hydrogens is 342 g/mol. The first-order chi connectivity index (χ1) is 12.5. The van der Waals surface area contributed by atoms with Gasteiger partial charge in [0.2, 0.25) is 0 Å². The highest BCUT2D eigenvalue weighted by Gasteiger charge is 2.41. The van der Waals surface area contributed by atoms with Crippen molar-refractivity contribution in [2.24, 2.45) is 0 Å². The third kappa shape index (κ3) is 2.30. The molecule has 5 heteroatoms. The summed E-state index contributed by atoms with van der Waals surface area (Å²) in [6, 6.07) is 10.8. The Kier molecular flexibility index (Phi) is 3.59. The van der Waals surface area contributed by atoms with Crippen LogP contribution in [0.15, 0.2) is 36.5 Å². The van der Waals surface area contributed by atoms with E-state index in [0.29, 0.717) is 0 Å². The molecule has 0 saturated heterocycles. The van der Waals surface area contributed by atoms with Gasteiger partial charge in [0.15, 0.2) is 0 Å². The van der Waals surface area contributed by atoms with Gasteiger partial charge in [-0.2, -0.15) is 0 Å². The summed E-state index contributed by atoms with van der Waals surface area (Å²) in [6.07, 6.45) is 1.91. The fourth-order valence-corrected chi connectivity index (χ4v) is 6.51. The van der Waals surface area contributed by atoms with Crippen LogP contribution in [0.2, 0.25) is 0 Å². The predicted molar refractivity (Wildman–Crippen MR) is 106 cm³/mol. The smallest absolute Gasteiger partial charge is 0.0886 e. The number of hydrogen-bond acceptors (Lipinski definition) is 3. The van der Waals surface area contributed by atoms with Gasteiger partial charge in [-0.3, -0.25) is 9.19 Å². The zero-order valence-corrected chi connectivity index (χ0v) is 16.2. The Morgan fingerprint density at radius 1 is 1.12 bits per heavy atom. The van der Waals surface area contributed by atoms with Crippen LogP contribution < -0.4 is 0 Å². The summed E-state index contributed by atoms with van der Waals surface area (Å²) in [5.74, 6) is 0. The number of likely N-dealkylation sites (N-methyl/N-ethyl adjacent to an activating group) is 1. The van der Waals surface area contributed by atoms with Gasteiger partial charge in [0.1, 0.15) is 0 Å². The van der Waals surface area contributed by atoms with E-state index in [2.05, 4.69) is 52.7 Å². The Morgan fingerprint density at radius 3 is 2.73 bits per heavy atom. The van der Waals surface area contributed by atoms with Crippen LogP contribution in [0.4, 0.5) is 0 Å².